The molecule has 122 valence electrons. The van der Waals surface area contributed by atoms with Gasteiger partial charge < -0.3 is 19.8 Å². The van der Waals surface area contributed by atoms with Crippen LogP contribution in [0.5, 0.6) is 5.88 Å². The fraction of sp³-hybridized carbons (Fsp3) is 0.267. The number of hydrogen-bond donors (Lipinski definition) is 2. The van der Waals surface area contributed by atoms with Gasteiger partial charge in [-0.15, -0.1) is 0 Å². The normalized spacial score (nSPS) is 10.2. The molecule has 0 aliphatic rings. The van der Waals surface area contributed by atoms with Crippen LogP contribution in [-0.4, -0.2) is 29.9 Å². The molecular weight excluding hydrogens is 366 g/mol. The highest BCUT2D eigenvalue weighted by Gasteiger charge is 2.12. The summed E-state index contributed by atoms with van der Waals surface area (Å²) in [4.78, 5) is 27.6. The maximum Gasteiger partial charge on any atom is 0.287 e. The molecule has 0 bridgehead atoms. The second-order valence-corrected chi connectivity index (χ2v) is 5.25. The highest BCUT2D eigenvalue weighted by atomic mass is 79.9. The molecule has 0 atom stereocenters. The molecule has 2 heterocycles. The molecule has 0 aliphatic carbocycles. The molecule has 7 nitrogen and oxygen atoms in total. The molecule has 23 heavy (non-hydrogen) atoms. The van der Waals surface area contributed by atoms with Crippen LogP contribution in [0.1, 0.15) is 23.0 Å². The molecule has 0 saturated carbocycles. The van der Waals surface area contributed by atoms with Crippen LogP contribution in [0.15, 0.2) is 39.5 Å². The lowest BCUT2D eigenvalue weighted by Crippen LogP contribution is -2.36. The highest BCUT2D eigenvalue weighted by Crippen LogP contribution is 2.14. The van der Waals surface area contributed by atoms with Gasteiger partial charge in [-0.2, -0.15) is 0 Å². The first-order chi connectivity index (χ1) is 11.1. The van der Waals surface area contributed by atoms with Crippen molar-refractivity contribution in [2.24, 2.45) is 0 Å². The molecule has 0 radical (unpaired) electrons. The van der Waals surface area contributed by atoms with E-state index in [-0.39, 0.29) is 24.8 Å². The average molecular weight is 382 g/mol. The van der Waals surface area contributed by atoms with E-state index in [0.29, 0.717) is 17.2 Å². The van der Waals surface area contributed by atoms with Crippen LogP contribution in [-0.2, 0) is 11.3 Å². The number of carbonyl (C=O) groups excluding carboxylic acids is 2. The van der Waals surface area contributed by atoms with Crippen molar-refractivity contribution < 1.29 is 18.7 Å². The number of amides is 2. The van der Waals surface area contributed by atoms with Crippen molar-refractivity contribution in [1.82, 2.24) is 15.6 Å². The minimum Gasteiger partial charge on any atom is -0.478 e. The van der Waals surface area contributed by atoms with E-state index in [4.69, 9.17) is 9.15 Å². The molecule has 2 aromatic rings. The Labute approximate surface area is 141 Å². The lowest BCUT2D eigenvalue weighted by molar-refractivity contribution is -0.120. The fourth-order valence-electron chi connectivity index (χ4n) is 1.77. The van der Waals surface area contributed by atoms with Crippen LogP contribution in [0.2, 0.25) is 0 Å². The number of rotatable bonds is 7. The van der Waals surface area contributed by atoms with E-state index >= 15 is 0 Å². The smallest absolute Gasteiger partial charge is 0.287 e. The minimum absolute atomic E-state index is 0.135. The number of ether oxygens (including phenoxy) is 1. The van der Waals surface area contributed by atoms with Gasteiger partial charge in [0.25, 0.3) is 5.91 Å². The number of pyridine rings is 1. The molecule has 0 spiro atoms. The molecule has 0 unspecified atom stereocenters. The summed E-state index contributed by atoms with van der Waals surface area (Å²) in [6, 6.07) is 6.70. The Morgan fingerprint density at radius 2 is 2.13 bits per heavy atom. The van der Waals surface area contributed by atoms with Crippen LogP contribution in [0.4, 0.5) is 0 Å². The van der Waals surface area contributed by atoms with Gasteiger partial charge in [-0.25, -0.2) is 4.98 Å². The third kappa shape index (κ3) is 5.10. The third-order valence-electron chi connectivity index (χ3n) is 2.81. The van der Waals surface area contributed by atoms with E-state index in [2.05, 4.69) is 31.5 Å². The van der Waals surface area contributed by atoms with Gasteiger partial charge in [0.05, 0.1) is 13.2 Å². The summed E-state index contributed by atoms with van der Waals surface area (Å²) < 4.78 is 10.9. The predicted octanol–water partition coefficient (Wildman–Crippen LogP) is 1.88. The van der Waals surface area contributed by atoms with Crippen molar-refractivity contribution >= 4 is 27.7 Å². The number of halogens is 1. The van der Waals surface area contributed by atoms with Crippen molar-refractivity contribution in [3.05, 3.63) is 46.5 Å². The standard InChI is InChI=1S/C15H16BrN3O4/c1-2-22-15-10(4-3-7-17-15)8-18-13(20)9-19-14(21)11-5-6-12(16)23-11/h3-7H,2,8-9H2,1H3,(H,18,20)(H,19,21). The maximum absolute atomic E-state index is 11.8. The van der Waals surface area contributed by atoms with Crippen LogP contribution in [0, 0.1) is 0 Å². The maximum atomic E-state index is 11.8. The molecule has 0 saturated heterocycles. The summed E-state index contributed by atoms with van der Waals surface area (Å²) in [7, 11) is 0. The quantitative estimate of drug-likeness (QED) is 0.763. The zero-order chi connectivity index (χ0) is 16.7. The topological polar surface area (TPSA) is 93.5 Å². The van der Waals surface area contributed by atoms with Gasteiger partial charge in [-0.1, -0.05) is 6.07 Å². The van der Waals surface area contributed by atoms with Crippen molar-refractivity contribution in [3.63, 3.8) is 0 Å². The summed E-state index contributed by atoms with van der Waals surface area (Å²) in [5.41, 5.74) is 0.768. The third-order valence-corrected chi connectivity index (χ3v) is 3.24. The number of aromatic nitrogens is 1. The van der Waals surface area contributed by atoms with E-state index in [0.717, 1.165) is 5.56 Å². The Balaban J connectivity index is 1.80. The van der Waals surface area contributed by atoms with Crippen molar-refractivity contribution in [1.29, 1.82) is 0 Å². The SMILES string of the molecule is CCOc1ncccc1CNC(=O)CNC(=O)c1ccc(Br)o1. The second-order valence-electron chi connectivity index (χ2n) is 4.46. The van der Waals surface area contributed by atoms with Gasteiger partial charge in [0.15, 0.2) is 10.4 Å². The number of nitrogens with zero attached hydrogens (tertiary/aromatic N) is 1. The largest absolute Gasteiger partial charge is 0.478 e. The van der Waals surface area contributed by atoms with Gasteiger partial charge in [0.2, 0.25) is 11.8 Å². The van der Waals surface area contributed by atoms with Gasteiger partial charge in [0, 0.05) is 18.3 Å². The molecule has 2 N–H and O–H groups in total. The number of carbonyl (C=O) groups is 2. The molecule has 2 aromatic heterocycles. The first-order valence-corrected chi connectivity index (χ1v) is 7.76. The lowest BCUT2D eigenvalue weighted by atomic mass is 10.2. The van der Waals surface area contributed by atoms with Gasteiger partial charge in [0.1, 0.15) is 0 Å². The first-order valence-electron chi connectivity index (χ1n) is 6.97. The molecule has 2 rings (SSSR count). The Morgan fingerprint density at radius 1 is 1.30 bits per heavy atom. The first kappa shape index (κ1) is 17.0. The van der Waals surface area contributed by atoms with E-state index in [9.17, 15) is 9.59 Å². The molecule has 0 aromatic carbocycles. The molecule has 0 aliphatic heterocycles. The van der Waals surface area contributed by atoms with Crippen molar-refractivity contribution in [2.45, 2.75) is 13.5 Å². The fourth-order valence-corrected chi connectivity index (χ4v) is 2.07. The van der Waals surface area contributed by atoms with Crippen molar-refractivity contribution in [2.75, 3.05) is 13.2 Å². The minimum atomic E-state index is -0.456. The number of furan rings is 1. The molecule has 0 fully saturated rings. The Hall–Kier alpha value is -2.35. The monoisotopic (exact) mass is 381 g/mol. The average Bonchev–Trinajstić information content (AvgIpc) is 2.98. The van der Waals surface area contributed by atoms with Crippen LogP contribution >= 0.6 is 15.9 Å². The Kier molecular flexibility index (Phi) is 6.16. The summed E-state index contributed by atoms with van der Waals surface area (Å²) >= 11 is 3.11. The van der Waals surface area contributed by atoms with E-state index < -0.39 is 5.91 Å². The predicted molar refractivity (Wildman–Crippen MR) is 86.0 cm³/mol. The number of hydrogen-bond acceptors (Lipinski definition) is 5. The lowest BCUT2D eigenvalue weighted by Gasteiger charge is -2.10. The number of nitrogens with one attached hydrogen (secondary N) is 2. The molecule has 2 amide bonds. The summed E-state index contributed by atoms with van der Waals surface area (Å²) in [6.45, 7) is 2.47. The van der Waals surface area contributed by atoms with Gasteiger partial charge >= 0.3 is 0 Å². The van der Waals surface area contributed by atoms with Gasteiger partial charge in [-0.05, 0) is 41.1 Å². The van der Waals surface area contributed by atoms with Crippen LogP contribution in [0.3, 0.4) is 0 Å². The van der Waals surface area contributed by atoms with Crippen molar-refractivity contribution in [3.8, 4) is 5.88 Å². The Morgan fingerprint density at radius 3 is 2.83 bits per heavy atom. The zero-order valence-electron chi connectivity index (χ0n) is 12.5. The van der Waals surface area contributed by atoms with E-state index in [1.807, 2.05) is 13.0 Å². The molecular formula is C15H16BrN3O4. The zero-order valence-corrected chi connectivity index (χ0v) is 14.1. The summed E-state index contributed by atoms with van der Waals surface area (Å²) in [5, 5.41) is 5.17. The summed E-state index contributed by atoms with van der Waals surface area (Å²) in [6.07, 6.45) is 1.62. The second kappa shape index (κ2) is 8.33. The van der Waals surface area contributed by atoms with Crippen LogP contribution in [0.25, 0.3) is 0 Å². The van der Waals surface area contributed by atoms with E-state index in [1.165, 1.54) is 6.07 Å². The van der Waals surface area contributed by atoms with E-state index in [1.54, 1.807) is 18.3 Å². The molecule has 8 heteroatoms. The van der Waals surface area contributed by atoms with Gasteiger partial charge in [-0.3, -0.25) is 9.59 Å². The van der Waals surface area contributed by atoms with Crippen LogP contribution < -0.4 is 15.4 Å². The highest BCUT2D eigenvalue weighted by molar-refractivity contribution is 9.10. The summed E-state index contributed by atoms with van der Waals surface area (Å²) in [5.74, 6) is -0.159. The Bertz CT molecular complexity index is 687.